The van der Waals surface area contributed by atoms with E-state index >= 15 is 0 Å². The predicted molar refractivity (Wildman–Crippen MR) is 111 cm³/mol. The Hall–Kier alpha value is -1.86. The average molecular weight is 503 g/mol. The smallest absolute Gasteiger partial charge is 0.479 e. The Kier molecular flexibility index (Phi) is 4.57. The Morgan fingerprint density at radius 2 is 1.97 bits per heavy atom. The molecule has 2 saturated heterocycles. The number of fused-ring (bicyclic) bond motifs is 1. The van der Waals surface area contributed by atoms with Crippen LogP contribution in [0.15, 0.2) is 24.8 Å². The predicted octanol–water partition coefficient (Wildman–Crippen LogP) is 2.00. The normalized spacial score (nSPS) is 35.6. The second kappa shape index (κ2) is 6.88. The molecule has 0 radical (unpaired) electrons. The fourth-order valence-corrected chi connectivity index (χ4v) is 7.42. The summed E-state index contributed by atoms with van der Waals surface area (Å²) < 4.78 is 85.7. The molecular weight excluding hydrogens is 479 g/mol. The summed E-state index contributed by atoms with van der Waals surface area (Å²) in [7, 11) is -5.92. The molecule has 8 nitrogen and oxygen atoms in total. The van der Waals surface area contributed by atoms with Crippen LogP contribution in [0.25, 0.3) is 0 Å². The lowest BCUT2D eigenvalue weighted by Gasteiger charge is -2.65. The van der Waals surface area contributed by atoms with Gasteiger partial charge in [-0.3, -0.25) is 4.90 Å². The summed E-state index contributed by atoms with van der Waals surface area (Å²) >= 11 is 0. The molecule has 0 aromatic heterocycles. The third-order valence-electron chi connectivity index (χ3n) is 8.19. The van der Waals surface area contributed by atoms with Crippen molar-refractivity contribution in [1.82, 2.24) is 4.90 Å². The van der Waals surface area contributed by atoms with Gasteiger partial charge in [0.15, 0.2) is 17.6 Å². The van der Waals surface area contributed by atoms with Crippen LogP contribution in [-0.4, -0.2) is 73.8 Å². The lowest BCUT2D eigenvalue weighted by atomic mass is 9.48. The highest BCUT2D eigenvalue weighted by atomic mass is 32.2. The minimum atomic E-state index is -5.92. The molecule has 6 rings (SSSR count). The summed E-state index contributed by atoms with van der Waals surface area (Å²) in [5.41, 5.74) is -6.67. The quantitative estimate of drug-likeness (QED) is 0.379. The van der Waals surface area contributed by atoms with Crippen molar-refractivity contribution in [3.63, 3.8) is 0 Å². The first-order chi connectivity index (χ1) is 16.0. The molecule has 1 aromatic carbocycles. The van der Waals surface area contributed by atoms with E-state index in [1.807, 2.05) is 0 Å². The van der Waals surface area contributed by atoms with E-state index in [0.717, 1.165) is 5.56 Å². The molecule has 1 saturated carbocycles. The molecule has 2 spiro atoms. The first kappa shape index (κ1) is 22.6. The van der Waals surface area contributed by atoms with E-state index in [-0.39, 0.29) is 11.8 Å². The third-order valence-corrected chi connectivity index (χ3v) is 9.15. The number of hydrogen-bond donors (Lipinski definition) is 1. The van der Waals surface area contributed by atoms with Crippen molar-refractivity contribution in [1.29, 1.82) is 0 Å². The molecule has 2 unspecified atom stereocenters. The molecule has 1 aromatic rings. The van der Waals surface area contributed by atoms with Crippen LogP contribution in [0.4, 0.5) is 13.2 Å². The van der Waals surface area contributed by atoms with Crippen LogP contribution < -0.4 is 8.92 Å². The molecule has 2 bridgehead atoms. The zero-order valence-electron chi connectivity index (χ0n) is 18.1. The second-order valence-electron chi connectivity index (χ2n) is 9.57. The number of nitrogens with zero attached hydrogens (tertiary/aromatic N) is 1. The van der Waals surface area contributed by atoms with Gasteiger partial charge in [0.1, 0.15) is 0 Å². The van der Waals surface area contributed by atoms with E-state index < -0.39 is 44.3 Å². The maximum Gasteiger partial charge on any atom is 0.534 e. The minimum Gasteiger partial charge on any atom is -0.479 e. The standard InChI is InChI=1S/C22H24F3NO7S/c1-2-8-26-9-7-19-16-13-3-4-14(33-34(28,29)22(23,24)25)17(16)32-18(19)21(30-10-11-31-21)6-5-20(19,27)15(26)12-13/h2-4,15,18,27H,1,5-12H2/t15-,18?,19+,20?/m1/s1. The monoisotopic (exact) mass is 503 g/mol. The summed E-state index contributed by atoms with van der Waals surface area (Å²) in [4.78, 5) is 2.16. The number of alkyl halides is 3. The highest BCUT2D eigenvalue weighted by molar-refractivity contribution is 7.88. The summed E-state index contributed by atoms with van der Waals surface area (Å²) in [6, 6.07) is 2.47. The van der Waals surface area contributed by atoms with Crippen LogP contribution in [0.2, 0.25) is 0 Å². The molecule has 186 valence electrons. The van der Waals surface area contributed by atoms with Crippen LogP contribution in [0, 0.1) is 0 Å². The first-order valence-corrected chi connectivity index (χ1v) is 12.6. The average Bonchev–Trinajstić information content (AvgIpc) is 3.36. The van der Waals surface area contributed by atoms with E-state index in [4.69, 9.17) is 14.2 Å². The Bertz CT molecular complexity index is 1170. The van der Waals surface area contributed by atoms with Gasteiger partial charge in [-0.25, -0.2) is 0 Å². The Morgan fingerprint density at radius 1 is 1.24 bits per heavy atom. The van der Waals surface area contributed by atoms with Gasteiger partial charge < -0.3 is 23.5 Å². The second-order valence-corrected chi connectivity index (χ2v) is 11.1. The first-order valence-electron chi connectivity index (χ1n) is 11.2. The number of likely N-dealkylation sites (tertiary alicyclic amines) is 1. The summed E-state index contributed by atoms with van der Waals surface area (Å²) in [6.07, 6.45) is 2.40. The fourth-order valence-electron chi connectivity index (χ4n) is 6.96. The minimum absolute atomic E-state index is 0.0928. The number of aliphatic hydroxyl groups is 1. The van der Waals surface area contributed by atoms with E-state index in [9.17, 15) is 26.7 Å². The molecule has 1 N–H and O–H groups in total. The van der Waals surface area contributed by atoms with Gasteiger partial charge in [-0.2, -0.15) is 21.6 Å². The number of benzene rings is 1. The molecule has 34 heavy (non-hydrogen) atoms. The van der Waals surface area contributed by atoms with E-state index in [1.54, 1.807) is 12.1 Å². The Morgan fingerprint density at radius 3 is 2.65 bits per heavy atom. The van der Waals surface area contributed by atoms with Gasteiger partial charge in [0.2, 0.25) is 5.79 Å². The van der Waals surface area contributed by atoms with Crippen molar-refractivity contribution >= 4 is 10.1 Å². The van der Waals surface area contributed by atoms with Crippen LogP contribution >= 0.6 is 0 Å². The molecular formula is C22H24F3NO7S. The number of piperidine rings is 1. The number of halogens is 3. The van der Waals surface area contributed by atoms with Crippen molar-refractivity contribution in [2.24, 2.45) is 0 Å². The lowest BCUT2D eigenvalue weighted by Crippen LogP contribution is -2.79. The molecule has 4 atom stereocenters. The van der Waals surface area contributed by atoms with Gasteiger partial charge in [-0.05, 0) is 37.4 Å². The van der Waals surface area contributed by atoms with Crippen molar-refractivity contribution in [3.8, 4) is 11.5 Å². The SMILES string of the molecule is C=CCN1CC[C@]23c4c5ccc(OS(=O)(=O)C(F)(F)F)c4OC2C2(CCC3(O)[C@H]1C5)OCCO2. The highest BCUT2D eigenvalue weighted by Gasteiger charge is 2.77. The number of ether oxygens (including phenoxy) is 3. The molecule has 0 amide bonds. The summed E-state index contributed by atoms with van der Waals surface area (Å²) in [6.45, 7) is 5.61. The lowest BCUT2D eigenvalue weighted by molar-refractivity contribution is -0.296. The van der Waals surface area contributed by atoms with Crippen LogP contribution in [0.1, 0.15) is 30.4 Å². The summed E-state index contributed by atoms with van der Waals surface area (Å²) in [5.74, 6) is -1.84. The van der Waals surface area contributed by atoms with Crippen molar-refractivity contribution in [2.45, 2.75) is 60.1 Å². The van der Waals surface area contributed by atoms with Crippen LogP contribution in [0.3, 0.4) is 0 Å². The molecule has 3 fully saturated rings. The molecule has 3 aliphatic heterocycles. The number of hydrogen-bond acceptors (Lipinski definition) is 8. The molecule has 3 heterocycles. The maximum absolute atomic E-state index is 13.1. The topological polar surface area (TPSA) is 94.5 Å². The van der Waals surface area contributed by atoms with Gasteiger partial charge in [-0.15, -0.1) is 6.58 Å². The van der Waals surface area contributed by atoms with E-state index in [1.165, 1.54) is 6.07 Å². The molecule has 2 aliphatic carbocycles. The van der Waals surface area contributed by atoms with Gasteiger partial charge in [-0.1, -0.05) is 12.1 Å². The van der Waals surface area contributed by atoms with Crippen molar-refractivity contribution < 1.29 is 45.1 Å². The van der Waals surface area contributed by atoms with Crippen molar-refractivity contribution in [3.05, 3.63) is 35.9 Å². The van der Waals surface area contributed by atoms with Crippen molar-refractivity contribution in [2.75, 3.05) is 26.3 Å². The van der Waals surface area contributed by atoms with E-state index in [2.05, 4.69) is 15.7 Å². The van der Waals surface area contributed by atoms with Gasteiger partial charge >= 0.3 is 15.6 Å². The van der Waals surface area contributed by atoms with E-state index in [0.29, 0.717) is 57.6 Å². The van der Waals surface area contributed by atoms with Crippen LogP contribution in [-0.2, 0) is 31.4 Å². The highest BCUT2D eigenvalue weighted by Crippen LogP contribution is 2.68. The zero-order valence-corrected chi connectivity index (χ0v) is 19.0. The third kappa shape index (κ3) is 2.60. The summed E-state index contributed by atoms with van der Waals surface area (Å²) in [5, 5.41) is 12.3. The Labute approximate surface area is 194 Å². The van der Waals surface area contributed by atoms with Crippen LogP contribution in [0.5, 0.6) is 11.5 Å². The zero-order chi connectivity index (χ0) is 24.1. The number of rotatable bonds is 4. The largest absolute Gasteiger partial charge is 0.534 e. The maximum atomic E-state index is 13.1. The molecule has 12 heteroatoms. The molecule has 5 aliphatic rings. The fraction of sp³-hybridized carbons (Fsp3) is 0.636. The Balaban J connectivity index is 1.56. The van der Waals surface area contributed by atoms with Gasteiger partial charge in [0.05, 0.1) is 24.2 Å². The van der Waals surface area contributed by atoms with Gasteiger partial charge in [0.25, 0.3) is 0 Å². The van der Waals surface area contributed by atoms with Gasteiger partial charge in [0, 0.05) is 24.6 Å².